The predicted molar refractivity (Wildman–Crippen MR) is 73.8 cm³/mol. The van der Waals surface area contributed by atoms with E-state index in [1.54, 1.807) is 0 Å². The maximum atomic E-state index is 12.4. The Morgan fingerprint density at radius 2 is 1.75 bits per heavy atom. The van der Waals surface area contributed by atoms with E-state index in [0.717, 1.165) is 39.0 Å². The van der Waals surface area contributed by atoms with Gasteiger partial charge in [-0.1, -0.05) is 13.3 Å². The largest absolute Gasteiger partial charge is 0.401 e. The summed E-state index contributed by atoms with van der Waals surface area (Å²) in [6.07, 6.45) is 0.660. The van der Waals surface area contributed by atoms with Gasteiger partial charge in [0.25, 0.3) is 0 Å². The Morgan fingerprint density at radius 3 is 2.25 bits per heavy atom. The zero-order valence-corrected chi connectivity index (χ0v) is 12.3. The van der Waals surface area contributed by atoms with Gasteiger partial charge >= 0.3 is 6.18 Å². The Morgan fingerprint density at radius 1 is 1.10 bits per heavy atom. The van der Waals surface area contributed by atoms with Crippen molar-refractivity contribution in [3.05, 3.63) is 0 Å². The van der Waals surface area contributed by atoms with Crippen LogP contribution in [0.1, 0.15) is 32.6 Å². The first kappa shape index (κ1) is 16.0. The van der Waals surface area contributed by atoms with Gasteiger partial charge in [-0.05, 0) is 25.8 Å². The summed E-state index contributed by atoms with van der Waals surface area (Å²) < 4.78 is 37.1. The summed E-state index contributed by atoms with van der Waals surface area (Å²) in [7, 11) is 0. The molecule has 2 heterocycles. The first-order valence-corrected chi connectivity index (χ1v) is 7.69. The normalized spacial score (nSPS) is 30.0. The highest BCUT2D eigenvalue weighted by Gasteiger charge is 2.36. The van der Waals surface area contributed by atoms with E-state index in [4.69, 9.17) is 0 Å². The lowest BCUT2D eigenvalue weighted by atomic mass is 9.91. The van der Waals surface area contributed by atoms with Crippen LogP contribution < -0.4 is 5.32 Å². The molecule has 2 aliphatic rings. The molecule has 0 bridgehead atoms. The zero-order valence-electron chi connectivity index (χ0n) is 12.3. The highest BCUT2D eigenvalue weighted by Crippen LogP contribution is 2.26. The number of nitrogens with zero attached hydrogens (tertiary/aromatic N) is 2. The van der Waals surface area contributed by atoms with Gasteiger partial charge in [-0.2, -0.15) is 13.2 Å². The summed E-state index contributed by atoms with van der Waals surface area (Å²) in [6, 6.07) is 0. The van der Waals surface area contributed by atoms with Crippen LogP contribution in [0.25, 0.3) is 0 Å². The van der Waals surface area contributed by atoms with Crippen molar-refractivity contribution in [3.63, 3.8) is 0 Å². The molecule has 0 radical (unpaired) electrons. The molecule has 0 aromatic rings. The third-order valence-electron chi connectivity index (χ3n) is 4.45. The minimum absolute atomic E-state index is 0.209. The molecule has 2 fully saturated rings. The fourth-order valence-corrected chi connectivity index (χ4v) is 3.56. The van der Waals surface area contributed by atoms with Crippen LogP contribution in [0, 0.1) is 0 Å². The highest BCUT2D eigenvalue weighted by molar-refractivity contribution is 4.96. The molecular formula is C14H26F3N3. The van der Waals surface area contributed by atoms with Crippen LogP contribution in [0.4, 0.5) is 13.2 Å². The van der Waals surface area contributed by atoms with Gasteiger partial charge in [-0.25, -0.2) is 0 Å². The third-order valence-corrected chi connectivity index (χ3v) is 4.45. The maximum absolute atomic E-state index is 12.4. The van der Waals surface area contributed by atoms with Gasteiger partial charge in [0.05, 0.1) is 6.54 Å². The van der Waals surface area contributed by atoms with Crippen molar-refractivity contribution in [2.75, 3.05) is 45.8 Å². The fourth-order valence-electron chi connectivity index (χ4n) is 3.56. The molecule has 0 aliphatic carbocycles. The molecule has 0 saturated carbocycles. The van der Waals surface area contributed by atoms with E-state index >= 15 is 0 Å². The molecule has 2 aliphatic heterocycles. The number of hydrogen-bond acceptors (Lipinski definition) is 3. The van der Waals surface area contributed by atoms with Crippen molar-refractivity contribution in [2.24, 2.45) is 0 Å². The molecule has 1 N–H and O–H groups in total. The SMILES string of the molecule is CCCC1(CN2CCN(CC(F)(F)F)CC2)CCCN1. The summed E-state index contributed by atoms with van der Waals surface area (Å²) in [4.78, 5) is 3.85. The number of piperazine rings is 1. The topological polar surface area (TPSA) is 18.5 Å². The second-order valence-corrected chi connectivity index (χ2v) is 6.23. The molecule has 1 atom stereocenters. The van der Waals surface area contributed by atoms with Crippen LogP contribution in [0.2, 0.25) is 0 Å². The Labute approximate surface area is 119 Å². The number of nitrogens with one attached hydrogen (secondary N) is 1. The maximum Gasteiger partial charge on any atom is 0.401 e. The van der Waals surface area contributed by atoms with E-state index in [-0.39, 0.29) is 5.54 Å². The van der Waals surface area contributed by atoms with Crippen LogP contribution in [0.15, 0.2) is 0 Å². The van der Waals surface area contributed by atoms with Crippen molar-refractivity contribution in [3.8, 4) is 0 Å². The lowest BCUT2D eigenvalue weighted by Gasteiger charge is -2.40. The molecule has 0 amide bonds. The van der Waals surface area contributed by atoms with Gasteiger partial charge in [0.1, 0.15) is 0 Å². The molecule has 3 nitrogen and oxygen atoms in total. The fraction of sp³-hybridized carbons (Fsp3) is 1.00. The quantitative estimate of drug-likeness (QED) is 0.837. The van der Waals surface area contributed by atoms with E-state index < -0.39 is 12.7 Å². The van der Waals surface area contributed by atoms with E-state index in [1.807, 2.05) is 0 Å². The molecule has 1 unspecified atom stereocenters. The van der Waals surface area contributed by atoms with Crippen LogP contribution in [-0.2, 0) is 0 Å². The first-order valence-electron chi connectivity index (χ1n) is 7.69. The van der Waals surface area contributed by atoms with Gasteiger partial charge in [-0.15, -0.1) is 0 Å². The van der Waals surface area contributed by atoms with E-state index in [1.165, 1.54) is 17.7 Å². The smallest absolute Gasteiger partial charge is 0.310 e. The molecule has 0 aromatic heterocycles. The third kappa shape index (κ3) is 4.60. The number of alkyl halides is 3. The minimum atomic E-state index is -4.07. The molecule has 118 valence electrons. The Balaban J connectivity index is 1.78. The second kappa shape index (κ2) is 6.62. The van der Waals surface area contributed by atoms with Crippen molar-refractivity contribution >= 4 is 0 Å². The molecule has 0 spiro atoms. The minimum Gasteiger partial charge on any atom is -0.310 e. The Kier molecular flexibility index (Phi) is 5.31. The standard InChI is InChI=1S/C14H26F3N3/c1-2-4-13(5-3-6-18-13)11-19-7-9-20(10-8-19)12-14(15,16)17/h18H,2-12H2,1H3. The first-order chi connectivity index (χ1) is 9.42. The van der Waals surface area contributed by atoms with Crippen LogP contribution in [0.5, 0.6) is 0 Å². The zero-order chi connectivity index (χ0) is 14.6. The average molecular weight is 293 g/mol. The Hall–Kier alpha value is -0.330. The van der Waals surface area contributed by atoms with E-state index in [9.17, 15) is 13.2 Å². The molecule has 2 saturated heterocycles. The molecular weight excluding hydrogens is 267 g/mol. The van der Waals surface area contributed by atoms with Crippen molar-refractivity contribution in [1.29, 1.82) is 0 Å². The van der Waals surface area contributed by atoms with Crippen LogP contribution in [0.3, 0.4) is 0 Å². The van der Waals surface area contributed by atoms with Crippen LogP contribution >= 0.6 is 0 Å². The van der Waals surface area contributed by atoms with Gasteiger partial charge in [-0.3, -0.25) is 9.80 Å². The summed E-state index contributed by atoms with van der Waals surface area (Å²) in [5.41, 5.74) is 0.209. The predicted octanol–water partition coefficient (Wildman–Crippen LogP) is 2.09. The molecule has 20 heavy (non-hydrogen) atoms. The molecule has 2 rings (SSSR count). The van der Waals surface area contributed by atoms with E-state index in [2.05, 4.69) is 17.1 Å². The number of rotatable bonds is 5. The highest BCUT2D eigenvalue weighted by atomic mass is 19.4. The molecule has 0 aromatic carbocycles. The van der Waals surface area contributed by atoms with Gasteiger partial charge in [0.15, 0.2) is 0 Å². The Bertz CT molecular complexity index is 293. The van der Waals surface area contributed by atoms with E-state index in [0.29, 0.717) is 13.1 Å². The molecule has 6 heteroatoms. The summed E-state index contributed by atoms with van der Waals surface area (Å²) in [5, 5.41) is 3.63. The number of halogens is 3. The summed E-state index contributed by atoms with van der Waals surface area (Å²) in [5.74, 6) is 0. The van der Waals surface area contributed by atoms with Gasteiger partial charge in [0, 0.05) is 38.3 Å². The number of hydrogen-bond donors (Lipinski definition) is 1. The lowest BCUT2D eigenvalue weighted by molar-refractivity contribution is -0.149. The van der Waals surface area contributed by atoms with Gasteiger partial charge in [0.2, 0.25) is 0 Å². The summed E-state index contributed by atoms with van der Waals surface area (Å²) >= 11 is 0. The van der Waals surface area contributed by atoms with Crippen molar-refractivity contribution in [1.82, 2.24) is 15.1 Å². The van der Waals surface area contributed by atoms with Crippen molar-refractivity contribution in [2.45, 2.75) is 44.3 Å². The summed E-state index contributed by atoms with van der Waals surface area (Å²) in [6.45, 7) is 6.06. The van der Waals surface area contributed by atoms with Crippen LogP contribution in [-0.4, -0.2) is 67.3 Å². The average Bonchev–Trinajstić information content (AvgIpc) is 2.79. The van der Waals surface area contributed by atoms with Crippen molar-refractivity contribution < 1.29 is 13.2 Å². The monoisotopic (exact) mass is 293 g/mol. The van der Waals surface area contributed by atoms with Gasteiger partial charge < -0.3 is 5.32 Å². The lowest BCUT2D eigenvalue weighted by Crippen LogP contribution is -2.56. The second-order valence-electron chi connectivity index (χ2n) is 6.23.